The molecule has 0 radical (unpaired) electrons. The molecule has 13 heavy (non-hydrogen) atoms. The van der Waals surface area contributed by atoms with Gasteiger partial charge in [0, 0.05) is 35.3 Å². The lowest BCUT2D eigenvalue weighted by Crippen LogP contribution is -2.04. The molecular formula is C10H13N3. The summed E-state index contributed by atoms with van der Waals surface area (Å²) in [5, 5.41) is 14.9. The third kappa shape index (κ3) is 2.78. The smallest absolute Gasteiger partial charge is 0.0457 e. The third-order valence-electron chi connectivity index (χ3n) is 1.70. The number of pyridine rings is 1. The van der Waals surface area contributed by atoms with E-state index in [0.29, 0.717) is 17.8 Å². The molecule has 68 valence electrons. The summed E-state index contributed by atoms with van der Waals surface area (Å²) in [6.07, 6.45) is 2.09. The second kappa shape index (κ2) is 3.94. The Labute approximate surface area is 77.8 Å². The van der Waals surface area contributed by atoms with E-state index >= 15 is 0 Å². The minimum atomic E-state index is 0.407. The predicted molar refractivity (Wildman–Crippen MR) is 53.8 cm³/mol. The molecule has 0 unspecified atom stereocenters. The molecule has 3 nitrogen and oxygen atoms in total. The van der Waals surface area contributed by atoms with Gasteiger partial charge in [-0.3, -0.25) is 4.98 Å². The number of hydrogen-bond donors (Lipinski definition) is 2. The molecule has 1 aromatic heterocycles. The van der Waals surface area contributed by atoms with Gasteiger partial charge in [-0.05, 0) is 26.0 Å². The standard InChI is InChI=1S/C10H13N3/c1-7(11)5-10(12)9-4-3-8(2)13-6-9/h3-4,6,11-12H,5H2,1-2H3. The Bertz CT molecular complexity index is 325. The van der Waals surface area contributed by atoms with E-state index in [9.17, 15) is 0 Å². The van der Waals surface area contributed by atoms with Crippen LogP contribution in [-0.2, 0) is 0 Å². The molecule has 0 fully saturated rings. The van der Waals surface area contributed by atoms with E-state index in [0.717, 1.165) is 11.3 Å². The van der Waals surface area contributed by atoms with E-state index in [1.54, 1.807) is 13.1 Å². The average Bonchev–Trinajstić information content (AvgIpc) is 2.04. The second-order valence-electron chi connectivity index (χ2n) is 3.12. The van der Waals surface area contributed by atoms with Crippen LogP contribution in [0.15, 0.2) is 18.3 Å². The number of nitrogens with one attached hydrogen (secondary N) is 2. The quantitative estimate of drug-likeness (QED) is 0.679. The van der Waals surface area contributed by atoms with Gasteiger partial charge >= 0.3 is 0 Å². The Morgan fingerprint density at radius 2 is 2.08 bits per heavy atom. The van der Waals surface area contributed by atoms with E-state index in [4.69, 9.17) is 10.8 Å². The van der Waals surface area contributed by atoms with E-state index in [1.165, 1.54) is 0 Å². The predicted octanol–water partition coefficient (Wildman–Crippen LogP) is 2.19. The van der Waals surface area contributed by atoms with Crippen LogP contribution in [0.3, 0.4) is 0 Å². The summed E-state index contributed by atoms with van der Waals surface area (Å²) in [7, 11) is 0. The molecule has 0 saturated heterocycles. The minimum Gasteiger partial charge on any atom is -0.310 e. The molecule has 0 spiro atoms. The van der Waals surface area contributed by atoms with E-state index < -0.39 is 0 Å². The van der Waals surface area contributed by atoms with Crippen LogP contribution in [0.5, 0.6) is 0 Å². The van der Waals surface area contributed by atoms with Crippen molar-refractivity contribution in [1.82, 2.24) is 4.98 Å². The van der Waals surface area contributed by atoms with Gasteiger partial charge in [0.05, 0.1) is 0 Å². The fourth-order valence-electron chi connectivity index (χ4n) is 1.01. The van der Waals surface area contributed by atoms with Crippen LogP contribution in [0.25, 0.3) is 0 Å². The van der Waals surface area contributed by atoms with E-state index in [1.807, 2.05) is 19.1 Å². The van der Waals surface area contributed by atoms with Gasteiger partial charge in [-0.2, -0.15) is 0 Å². The maximum Gasteiger partial charge on any atom is 0.0457 e. The molecule has 0 atom stereocenters. The van der Waals surface area contributed by atoms with Crippen molar-refractivity contribution in [2.75, 3.05) is 0 Å². The van der Waals surface area contributed by atoms with Crippen LogP contribution in [0.2, 0.25) is 0 Å². The van der Waals surface area contributed by atoms with Crippen molar-refractivity contribution in [2.24, 2.45) is 0 Å². The topological polar surface area (TPSA) is 60.6 Å². The second-order valence-corrected chi connectivity index (χ2v) is 3.12. The molecule has 2 N–H and O–H groups in total. The Morgan fingerprint density at radius 1 is 1.38 bits per heavy atom. The lowest BCUT2D eigenvalue weighted by atomic mass is 10.1. The molecule has 1 heterocycles. The molecule has 0 amide bonds. The Morgan fingerprint density at radius 3 is 2.54 bits per heavy atom. The molecule has 0 aliphatic rings. The van der Waals surface area contributed by atoms with Crippen LogP contribution in [-0.4, -0.2) is 16.4 Å². The van der Waals surface area contributed by atoms with Gasteiger partial charge in [0.2, 0.25) is 0 Å². The van der Waals surface area contributed by atoms with Gasteiger partial charge in [-0.25, -0.2) is 0 Å². The monoisotopic (exact) mass is 175 g/mol. The first-order valence-corrected chi connectivity index (χ1v) is 4.14. The summed E-state index contributed by atoms with van der Waals surface area (Å²) in [5.41, 5.74) is 2.71. The SMILES string of the molecule is CC(=N)CC(=N)c1ccc(C)nc1. The summed E-state index contributed by atoms with van der Waals surface area (Å²) in [4.78, 5) is 4.10. The van der Waals surface area contributed by atoms with Crippen molar-refractivity contribution < 1.29 is 0 Å². The Hall–Kier alpha value is -1.51. The summed E-state index contributed by atoms with van der Waals surface area (Å²) < 4.78 is 0. The molecule has 0 saturated carbocycles. The first kappa shape index (κ1) is 9.58. The maximum absolute atomic E-state index is 7.65. The fraction of sp³-hybridized carbons (Fsp3) is 0.300. The number of hydrogen-bond acceptors (Lipinski definition) is 3. The Balaban J connectivity index is 2.78. The summed E-state index contributed by atoms with van der Waals surface area (Å²) in [6.45, 7) is 3.62. The first-order valence-electron chi connectivity index (χ1n) is 4.14. The summed E-state index contributed by atoms with van der Waals surface area (Å²) in [6, 6.07) is 3.75. The molecule has 0 bridgehead atoms. The highest BCUT2D eigenvalue weighted by atomic mass is 14.7. The van der Waals surface area contributed by atoms with E-state index in [2.05, 4.69) is 4.98 Å². The van der Waals surface area contributed by atoms with E-state index in [-0.39, 0.29) is 0 Å². The molecule has 1 aromatic rings. The lowest BCUT2D eigenvalue weighted by molar-refractivity contribution is 1.19. The Kier molecular flexibility index (Phi) is 2.90. The zero-order valence-electron chi connectivity index (χ0n) is 7.89. The molecular weight excluding hydrogens is 162 g/mol. The van der Waals surface area contributed by atoms with Crippen molar-refractivity contribution in [3.8, 4) is 0 Å². The minimum absolute atomic E-state index is 0.407. The van der Waals surface area contributed by atoms with Crippen LogP contribution in [0, 0.1) is 17.7 Å². The summed E-state index contributed by atoms with van der Waals surface area (Å²) >= 11 is 0. The summed E-state index contributed by atoms with van der Waals surface area (Å²) in [5.74, 6) is 0. The van der Waals surface area contributed by atoms with Crippen LogP contribution in [0.4, 0.5) is 0 Å². The van der Waals surface area contributed by atoms with Gasteiger partial charge in [0.15, 0.2) is 0 Å². The fourth-order valence-corrected chi connectivity index (χ4v) is 1.01. The zero-order chi connectivity index (χ0) is 9.84. The van der Waals surface area contributed by atoms with Crippen LogP contribution >= 0.6 is 0 Å². The highest BCUT2D eigenvalue weighted by Gasteiger charge is 2.01. The van der Waals surface area contributed by atoms with Gasteiger partial charge in [-0.15, -0.1) is 0 Å². The van der Waals surface area contributed by atoms with Gasteiger partial charge < -0.3 is 10.8 Å². The van der Waals surface area contributed by atoms with Gasteiger partial charge in [0.25, 0.3) is 0 Å². The zero-order valence-corrected chi connectivity index (χ0v) is 7.89. The molecule has 0 aliphatic carbocycles. The van der Waals surface area contributed by atoms with Crippen LogP contribution in [0.1, 0.15) is 24.6 Å². The molecule has 3 heteroatoms. The van der Waals surface area contributed by atoms with Gasteiger partial charge in [-0.1, -0.05) is 0 Å². The highest BCUT2D eigenvalue weighted by Crippen LogP contribution is 2.03. The molecule has 0 aromatic carbocycles. The largest absolute Gasteiger partial charge is 0.310 e. The number of aromatic nitrogens is 1. The molecule has 1 rings (SSSR count). The number of rotatable bonds is 3. The highest BCUT2D eigenvalue weighted by molar-refractivity contribution is 6.09. The van der Waals surface area contributed by atoms with Crippen molar-refractivity contribution in [3.05, 3.63) is 29.6 Å². The normalized spacial score (nSPS) is 9.69. The average molecular weight is 175 g/mol. The van der Waals surface area contributed by atoms with Crippen LogP contribution < -0.4 is 0 Å². The number of aryl methyl sites for hydroxylation is 1. The van der Waals surface area contributed by atoms with Crippen molar-refractivity contribution >= 4 is 11.4 Å². The number of nitrogens with zero attached hydrogens (tertiary/aromatic N) is 1. The first-order chi connectivity index (χ1) is 6.09. The third-order valence-corrected chi connectivity index (χ3v) is 1.70. The van der Waals surface area contributed by atoms with Crippen molar-refractivity contribution in [1.29, 1.82) is 10.8 Å². The molecule has 0 aliphatic heterocycles. The van der Waals surface area contributed by atoms with Gasteiger partial charge in [0.1, 0.15) is 0 Å². The van der Waals surface area contributed by atoms with Crippen molar-refractivity contribution in [3.63, 3.8) is 0 Å². The lowest BCUT2D eigenvalue weighted by Gasteiger charge is -2.02. The maximum atomic E-state index is 7.65. The van der Waals surface area contributed by atoms with Crippen molar-refractivity contribution in [2.45, 2.75) is 20.3 Å².